The Morgan fingerprint density at radius 3 is 2.84 bits per heavy atom. The van der Waals surface area contributed by atoms with Gasteiger partial charge in [0.2, 0.25) is 0 Å². The molecule has 1 fully saturated rings. The number of benzene rings is 1. The summed E-state index contributed by atoms with van der Waals surface area (Å²) in [4.78, 5) is 11.8. The van der Waals surface area contributed by atoms with Gasteiger partial charge in [-0.1, -0.05) is 17.6 Å². The van der Waals surface area contributed by atoms with Crippen molar-refractivity contribution in [2.45, 2.75) is 19.3 Å². The minimum atomic E-state index is -0.916. The van der Waals surface area contributed by atoms with E-state index in [4.69, 9.17) is 7.85 Å². The summed E-state index contributed by atoms with van der Waals surface area (Å²) in [6, 6.07) is 5.84. The smallest absolute Gasteiger partial charge is 0.337 e. The molecule has 2 aliphatic rings. The highest BCUT2D eigenvalue weighted by Gasteiger charge is 2.27. The fourth-order valence-electron chi connectivity index (χ4n) is 3.43. The van der Waals surface area contributed by atoms with Crippen LogP contribution in [0.2, 0.25) is 0 Å². The zero-order valence-corrected chi connectivity index (χ0v) is 14.1. The Balaban J connectivity index is 1.68. The molecule has 2 aliphatic carbocycles. The number of hydrogen-bond acceptors (Lipinski definition) is 2. The first-order valence-electron chi connectivity index (χ1n) is 8.50. The molecule has 1 aromatic carbocycles. The molecule has 4 rings (SSSR count). The number of fused-ring (bicyclic) bond motifs is 1. The molecule has 0 spiro atoms. The van der Waals surface area contributed by atoms with E-state index in [1.165, 1.54) is 0 Å². The van der Waals surface area contributed by atoms with Crippen molar-refractivity contribution in [3.8, 4) is 0 Å². The number of rotatable bonds is 4. The van der Waals surface area contributed by atoms with Crippen molar-refractivity contribution in [1.82, 2.24) is 4.57 Å². The minimum absolute atomic E-state index is 0.308. The van der Waals surface area contributed by atoms with E-state index in [9.17, 15) is 9.90 Å². The standard InChI is InChI=1S/C20H19BN2O2/c1-23-8-7-14-9-15(11-17(21)19(14)23)22-18-4-2-3-13(12-5-6-12)10-16(18)20(24)25/h3-4,7-12,22H,2,5-6H2,1H3,(H,24,25). The molecule has 0 amide bonds. The Kier molecular flexibility index (Phi) is 3.79. The summed E-state index contributed by atoms with van der Waals surface area (Å²) < 4.78 is 1.98. The summed E-state index contributed by atoms with van der Waals surface area (Å²) in [5.74, 6) is -0.389. The van der Waals surface area contributed by atoms with Gasteiger partial charge in [-0.2, -0.15) is 0 Å². The first kappa shape index (κ1) is 15.8. The number of hydrogen-bond donors (Lipinski definition) is 2. The highest BCUT2D eigenvalue weighted by molar-refractivity contribution is 6.38. The molecule has 2 radical (unpaired) electrons. The van der Waals surface area contributed by atoms with Crippen molar-refractivity contribution in [2.75, 3.05) is 5.32 Å². The third-order valence-corrected chi connectivity index (χ3v) is 4.83. The molecule has 0 bridgehead atoms. The van der Waals surface area contributed by atoms with Gasteiger partial charge in [0.05, 0.1) is 5.57 Å². The van der Waals surface area contributed by atoms with Gasteiger partial charge < -0.3 is 15.0 Å². The second kappa shape index (κ2) is 5.99. The SMILES string of the molecule is [B]c1cc(NC2=CCC=C(C3CC3)C=C2C(=O)O)cc2ccn(C)c12. The van der Waals surface area contributed by atoms with Gasteiger partial charge in [0, 0.05) is 35.5 Å². The van der Waals surface area contributed by atoms with Crippen LogP contribution in [0.4, 0.5) is 5.69 Å². The zero-order valence-electron chi connectivity index (χ0n) is 14.1. The molecule has 25 heavy (non-hydrogen) atoms. The molecule has 0 atom stereocenters. The van der Waals surface area contributed by atoms with Crippen LogP contribution in [0, 0.1) is 5.92 Å². The molecule has 1 heterocycles. The molecule has 0 unspecified atom stereocenters. The predicted molar refractivity (Wildman–Crippen MR) is 101 cm³/mol. The van der Waals surface area contributed by atoms with Gasteiger partial charge in [0.1, 0.15) is 7.85 Å². The average molecular weight is 330 g/mol. The second-order valence-corrected chi connectivity index (χ2v) is 6.75. The number of carboxylic acid groups (broad SMARTS) is 1. The largest absolute Gasteiger partial charge is 0.478 e. The molecular weight excluding hydrogens is 311 g/mol. The lowest BCUT2D eigenvalue weighted by Crippen LogP contribution is -2.13. The lowest BCUT2D eigenvalue weighted by atomic mass is 9.93. The van der Waals surface area contributed by atoms with E-state index in [1.54, 1.807) is 0 Å². The Hall–Kier alpha value is -2.69. The van der Waals surface area contributed by atoms with Crippen LogP contribution in [-0.2, 0) is 11.8 Å². The van der Waals surface area contributed by atoms with Gasteiger partial charge in [-0.15, -0.1) is 0 Å². The molecule has 1 aromatic heterocycles. The number of aryl methyl sites for hydroxylation is 1. The van der Waals surface area contributed by atoms with Crippen molar-refractivity contribution in [3.63, 3.8) is 0 Å². The van der Waals surface area contributed by atoms with Crippen molar-refractivity contribution >= 4 is 35.9 Å². The van der Waals surface area contributed by atoms with Crippen LogP contribution in [0.15, 0.2) is 59.5 Å². The van der Waals surface area contributed by atoms with Gasteiger partial charge in [0.15, 0.2) is 0 Å². The Labute approximate surface area is 147 Å². The number of nitrogens with zero attached hydrogens (tertiary/aromatic N) is 1. The monoisotopic (exact) mass is 330 g/mol. The average Bonchev–Trinajstić information content (AvgIpc) is 3.34. The van der Waals surface area contributed by atoms with E-state index in [-0.39, 0.29) is 0 Å². The zero-order chi connectivity index (χ0) is 17.6. The van der Waals surface area contributed by atoms with Gasteiger partial charge in [-0.3, -0.25) is 0 Å². The minimum Gasteiger partial charge on any atom is -0.478 e. The number of nitrogens with one attached hydrogen (secondary N) is 1. The fraction of sp³-hybridized carbons (Fsp3) is 0.250. The Morgan fingerprint density at radius 2 is 2.12 bits per heavy atom. The molecule has 0 saturated heterocycles. The summed E-state index contributed by atoms with van der Waals surface area (Å²) in [6.07, 6.45) is 10.9. The van der Waals surface area contributed by atoms with Crippen LogP contribution in [0.3, 0.4) is 0 Å². The molecule has 124 valence electrons. The molecular formula is C20H19BN2O2. The highest BCUT2D eigenvalue weighted by Crippen LogP contribution is 2.39. The summed E-state index contributed by atoms with van der Waals surface area (Å²) in [5.41, 5.74) is 4.51. The second-order valence-electron chi connectivity index (χ2n) is 6.75. The van der Waals surface area contributed by atoms with E-state index in [0.29, 0.717) is 22.7 Å². The summed E-state index contributed by atoms with van der Waals surface area (Å²) in [7, 11) is 8.14. The third kappa shape index (κ3) is 3.02. The summed E-state index contributed by atoms with van der Waals surface area (Å²) in [5, 5.41) is 13.9. The maximum absolute atomic E-state index is 11.8. The molecule has 4 nitrogen and oxygen atoms in total. The van der Waals surface area contributed by atoms with Crippen LogP contribution in [0.25, 0.3) is 10.9 Å². The van der Waals surface area contributed by atoms with Crippen LogP contribution in [-0.4, -0.2) is 23.5 Å². The normalized spacial score (nSPS) is 17.6. The van der Waals surface area contributed by atoms with Gasteiger partial charge in [0.25, 0.3) is 0 Å². The van der Waals surface area contributed by atoms with E-state index in [0.717, 1.165) is 41.4 Å². The highest BCUT2D eigenvalue weighted by atomic mass is 16.4. The van der Waals surface area contributed by atoms with Crippen molar-refractivity contribution in [2.24, 2.45) is 13.0 Å². The summed E-state index contributed by atoms with van der Waals surface area (Å²) >= 11 is 0. The van der Waals surface area contributed by atoms with Crippen LogP contribution < -0.4 is 10.8 Å². The van der Waals surface area contributed by atoms with Gasteiger partial charge in [-0.25, -0.2) is 4.79 Å². The number of carboxylic acids is 1. The molecule has 2 N–H and O–H groups in total. The fourth-order valence-corrected chi connectivity index (χ4v) is 3.43. The Bertz CT molecular complexity index is 961. The number of aromatic nitrogens is 1. The van der Waals surface area contributed by atoms with E-state index < -0.39 is 5.97 Å². The molecule has 2 aromatic rings. The summed E-state index contributed by atoms with van der Waals surface area (Å²) in [6.45, 7) is 0. The lowest BCUT2D eigenvalue weighted by Gasteiger charge is -2.13. The first-order chi connectivity index (χ1) is 12.0. The number of allylic oxidation sites excluding steroid dienone is 4. The molecule has 5 heteroatoms. The first-order valence-corrected chi connectivity index (χ1v) is 8.50. The van der Waals surface area contributed by atoms with E-state index >= 15 is 0 Å². The van der Waals surface area contributed by atoms with E-state index in [2.05, 4.69) is 11.4 Å². The van der Waals surface area contributed by atoms with Crippen LogP contribution in [0.5, 0.6) is 0 Å². The van der Waals surface area contributed by atoms with Crippen molar-refractivity contribution in [3.05, 3.63) is 59.5 Å². The Morgan fingerprint density at radius 1 is 1.32 bits per heavy atom. The maximum atomic E-state index is 11.8. The van der Waals surface area contributed by atoms with Crippen molar-refractivity contribution < 1.29 is 9.90 Å². The quantitative estimate of drug-likeness (QED) is 0.848. The van der Waals surface area contributed by atoms with Crippen LogP contribution >= 0.6 is 0 Å². The number of anilines is 1. The van der Waals surface area contributed by atoms with E-state index in [1.807, 2.05) is 48.2 Å². The van der Waals surface area contributed by atoms with Gasteiger partial charge in [-0.05, 0) is 55.0 Å². The number of carbonyl (C=O) groups is 1. The van der Waals surface area contributed by atoms with Gasteiger partial charge >= 0.3 is 5.97 Å². The molecule has 1 saturated carbocycles. The predicted octanol–water partition coefficient (Wildman–Crippen LogP) is 3.02. The third-order valence-electron chi connectivity index (χ3n) is 4.83. The molecule has 0 aliphatic heterocycles. The maximum Gasteiger partial charge on any atom is 0.337 e. The van der Waals surface area contributed by atoms with Crippen molar-refractivity contribution in [1.29, 1.82) is 0 Å². The van der Waals surface area contributed by atoms with Crippen LogP contribution in [0.1, 0.15) is 19.3 Å². The lowest BCUT2D eigenvalue weighted by molar-refractivity contribution is -0.132. The topological polar surface area (TPSA) is 54.3 Å². The number of aliphatic carboxylic acids is 1.